The maximum atomic E-state index is 13.2. The van der Waals surface area contributed by atoms with Crippen LogP contribution in [0.5, 0.6) is 5.75 Å². The van der Waals surface area contributed by atoms with E-state index in [4.69, 9.17) is 15.2 Å². The van der Waals surface area contributed by atoms with Gasteiger partial charge in [0.1, 0.15) is 17.3 Å². The van der Waals surface area contributed by atoms with E-state index in [1.807, 2.05) is 0 Å². The normalized spacial score (nSPS) is 15.7. The molecular weight excluding hydrogens is 446 g/mol. The number of fused-ring (bicyclic) bond motifs is 1. The highest BCUT2D eigenvalue weighted by Crippen LogP contribution is 2.45. The number of ether oxygens (including phenoxy) is 2. The molecule has 1 aliphatic rings. The van der Waals surface area contributed by atoms with Crippen molar-refractivity contribution in [2.75, 3.05) is 19.1 Å². The summed E-state index contributed by atoms with van der Waals surface area (Å²) in [5.41, 5.74) is 8.02. The zero-order chi connectivity index (χ0) is 25.3. The number of nitrogens with two attached hydrogens (primary N) is 1. The molecule has 0 amide bonds. The molecular formula is C27H23N3O5. The molecule has 176 valence electrons. The predicted molar refractivity (Wildman–Crippen MR) is 130 cm³/mol. The van der Waals surface area contributed by atoms with E-state index in [0.717, 1.165) is 0 Å². The number of anilines is 1. The Bertz CT molecular complexity index is 1450. The Kier molecular flexibility index (Phi) is 6.17. The lowest BCUT2D eigenvalue weighted by molar-refractivity contribution is -0.139. The number of hydrogen-bond donors (Lipinski definition) is 2. The van der Waals surface area contributed by atoms with Crippen molar-refractivity contribution < 1.29 is 24.2 Å². The summed E-state index contributed by atoms with van der Waals surface area (Å²) in [4.78, 5) is 27.7. The van der Waals surface area contributed by atoms with Crippen LogP contribution in [-0.4, -0.2) is 31.3 Å². The third-order valence-corrected chi connectivity index (χ3v) is 6.06. The first-order valence-corrected chi connectivity index (χ1v) is 10.7. The quantitative estimate of drug-likeness (QED) is 0.554. The van der Waals surface area contributed by atoms with Gasteiger partial charge in [-0.05, 0) is 24.1 Å². The molecule has 3 N–H and O–H groups in total. The van der Waals surface area contributed by atoms with Crippen LogP contribution in [-0.2, 0) is 19.1 Å². The zero-order valence-corrected chi connectivity index (χ0v) is 19.4. The van der Waals surface area contributed by atoms with Crippen LogP contribution in [0.25, 0.3) is 10.8 Å². The van der Waals surface area contributed by atoms with E-state index < -0.39 is 17.9 Å². The Hall–Kier alpha value is -4.77. The van der Waals surface area contributed by atoms with Crippen molar-refractivity contribution in [2.45, 2.75) is 12.8 Å². The highest BCUT2D eigenvalue weighted by atomic mass is 16.5. The van der Waals surface area contributed by atoms with Gasteiger partial charge in [0.25, 0.3) is 0 Å². The third-order valence-electron chi connectivity index (χ3n) is 6.06. The van der Waals surface area contributed by atoms with Crippen LogP contribution in [0, 0.1) is 18.3 Å². The predicted octanol–water partition coefficient (Wildman–Crippen LogP) is 3.75. The first kappa shape index (κ1) is 23.4. The summed E-state index contributed by atoms with van der Waals surface area (Å²) < 4.78 is 10.1. The molecule has 1 atom stereocenters. The summed E-state index contributed by atoms with van der Waals surface area (Å²) in [6.07, 6.45) is 0. The molecule has 0 bridgehead atoms. The molecule has 0 saturated carbocycles. The Balaban J connectivity index is 2.14. The van der Waals surface area contributed by atoms with Crippen molar-refractivity contribution in [1.29, 1.82) is 5.26 Å². The van der Waals surface area contributed by atoms with Gasteiger partial charge in [0.2, 0.25) is 0 Å². The minimum Gasteiger partial charge on any atom is -0.507 e. The number of nitriles is 1. The molecule has 1 unspecified atom stereocenters. The number of methoxy groups -OCH3 is 2. The van der Waals surface area contributed by atoms with Crippen molar-refractivity contribution in [2.24, 2.45) is 5.73 Å². The highest BCUT2D eigenvalue weighted by Gasteiger charge is 2.43. The van der Waals surface area contributed by atoms with Gasteiger partial charge < -0.3 is 20.3 Å². The lowest BCUT2D eigenvalue weighted by Gasteiger charge is -2.36. The second kappa shape index (κ2) is 9.23. The molecule has 0 radical (unpaired) electrons. The lowest BCUT2D eigenvalue weighted by Crippen LogP contribution is -2.40. The van der Waals surface area contributed by atoms with Crippen LogP contribution in [0.2, 0.25) is 0 Å². The SMILES string of the molecule is COC(=O)C1=C(C(=O)OC)N(c2cccc3c(O)c(C)ccc23)C(N)=C(C#N)C1c1ccccc1. The van der Waals surface area contributed by atoms with Gasteiger partial charge in [-0.2, -0.15) is 5.26 Å². The number of aryl methyl sites for hydroxylation is 1. The van der Waals surface area contributed by atoms with Crippen molar-refractivity contribution in [3.63, 3.8) is 0 Å². The van der Waals surface area contributed by atoms with Crippen molar-refractivity contribution in [3.8, 4) is 11.8 Å². The number of phenolic OH excluding ortho intramolecular Hbond substituents is 1. The molecule has 3 aromatic carbocycles. The first-order chi connectivity index (χ1) is 16.8. The van der Waals surface area contributed by atoms with E-state index in [2.05, 4.69) is 6.07 Å². The number of aromatic hydroxyl groups is 1. The Morgan fingerprint density at radius 1 is 0.971 bits per heavy atom. The summed E-state index contributed by atoms with van der Waals surface area (Å²) in [6.45, 7) is 1.77. The average Bonchev–Trinajstić information content (AvgIpc) is 2.89. The van der Waals surface area contributed by atoms with Crippen LogP contribution in [0.1, 0.15) is 17.0 Å². The van der Waals surface area contributed by atoms with Gasteiger partial charge in [0, 0.05) is 10.8 Å². The molecule has 0 fully saturated rings. The fourth-order valence-electron chi connectivity index (χ4n) is 4.39. The molecule has 0 aliphatic carbocycles. The van der Waals surface area contributed by atoms with E-state index in [9.17, 15) is 20.0 Å². The zero-order valence-electron chi connectivity index (χ0n) is 19.4. The summed E-state index contributed by atoms with van der Waals surface area (Å²) >= 11 is 0. The number of benzene rings is 3. The number of carbonyl (C=O) groups excluding carboxylic acids is 2. The van der Waals surface area contributed by atoms with E-state index in [1.54, 1.807) is 67.6 Å². The Labute approximate surface area is 202 Å². The monoisotopic (exact) mass is 469 g/mol. The number of hydrogen-bond acceptors (Lipinski definition) is 8. The van der Waals surface area contributed by atoms with Crippen molar-refractivity contribution >= 4 is 28.4 Å². The molecule has 3 aromatic rings. The van der Waals surface area contributed by atoms with Gasteiger partial charge in [0.05, 0.1) is 43.0 Å². The van der Waals surface area contributed by atoms with Gasteiger partial charge in [-0.1, -0.05) is 54.6 Å². The average molecular weight is 469 g/mol. The van der Waals surface area contributed by atoms with Crippen LogP contribution in [0.4, 0.5) is 5.69 Å². The van der Waals surface area contributed by atoms with Crippen molar-refractivity contribution in [1.82, 2.24) is 0 Å². The molecule has 8 nitrogen and oxygen atoms in total. The minimum absolute atomic E-state index is 0.0398. The molecule has 4 rings (SSSR count). The molecule has 1 aliphatic heterocycles. The fraction of sp³-hybridized carbons (Fsp3) is 0.148. The van der Waals surface area contributed by atoms with Crippen LogP contribution < -0.4 is 10.6 Å². The van der Waals surface area contributed by atoms with Gasteiger partial charge in [-0.25, -0.2) is 9.59 Å². The molecule has 0 spiro atoms. The van der Waals surface area contributed by atoms with E-state index in [0.29, 0.717) is 27.6 Å². The summed E-state index contributed by atoms with van der Waals surface area (Å²) in [5, 5.41) is 21.9. The summed E-state index contributed by atoms with van der Waals surface area (Å²) in [7, 11) is 2.39. The number of rotatable bonds is 4. The first-order valence-electron chi connectivity index (χ1n) is 10.7. The number of carbonyl (C=O) groups is 2. The molecule has 8 heteroatoms. The van der Waals surface area contributed by atoms with Crippen molar-refractivity contribution in [3.05, 3.63) is 94.5 Å². The third kappa shape index (κ3) is 3.73. The largest absolute Gasteiger partial charge is 0.507 e. The maximum absolute atomic E-state index is 13.2. The summed E-state index contributed by atoms with van der Waals surface area (Å²) in [5.74, 6) is -2.56. The van der Waals surface area contributed by atoms with E-state index >= 15 is 0 Å². The summed E-state index contributed by atoms with van der Waals surface area (Å²) in [6, 6.07) is 19.5. The molecule has 0 saturated heterocycles. The van der Waals surface area contributed by atoms with Crippen LogP contribution in [0.3, 0.4) is 0 Å². The number of phenols is 1. The molecule has 35 heavy (non-hydrogen) atoms. The standard InChI is InChI=1S/C27H23N3O5/c1-15-12-13-17-18(24(15)31)10-7-11-20(17)30-23(27(33)35-3)22(26(32)34-2)21(19(14-28)25(30)29)16-8-5-4-6-9-16/h4-13,21,31H,29H2,1-3H3. The van der Waals surface area contributed by atoms with Gasteiger partial charge in [0.15, 0.2) is 0 Å². The number of nitrogens with zero attached hydrogens (tertiary/aromatic N) is 2. The number of esters is 2. The minimum atomic E-state index is -0.954. The number of allylic oxidation sites excluding steroid dienone is 1. The van der Waals surface area contributed by atoms with Crippen LogP contribution >= 0.6 is 0 Å². The van der Waals surface area contributed by atoms with Gasteiger partial charge in [-0.3, -0.25) is 4.90 Å². The van der Waals surface area contributed by atoms with E-state index in [-0.39, 0.29) is 28.4 Å². The lowest BCUT2D eigenvalue weighted by atomic mass is 9.80. The van der Waals surface area contributed by atoms with Gasteiger partial charge in [-0.15, -0.1) is 0 Å². The Morgan fingerprint density at radius 2 is 1.66 bits per heavy atom. The second-order valence-electron chi connectivity index (χ2n) is 7.94. The highest BCUT2D eigenvalue weighted by molar-refractivity contribution is 6.09. The topological polar surface area (TPSA) is 126 Å². The van der Waals surface area contributed by atoms with Crippen LogP contribution in [0.15, 0.2) is 83.3 Å². The Morgan fingerprint density at radius 3 is 2.29 bits per heavy atom. The molecule has 0 aromatic heterocycles. The fourth-order valence-corrected chi connectivity index (χ4v) is 4.39. The van der Waals surface area contributed by atoms with E-state index in [1.165, 1.54) is 19.1 Å². The second-order valence-corrected chi connectivity index (χ2v) is 7.94. The van der Waals surface area contributed by atoms with Gasteiger partial charge >= 0.3 is 11.9 Å². The molecule has 1 heterocycles. The smallest absolute Gasteiger partial charge is 0.355 e. The maximum Gasteiger partial charge on any atom is 0.355 e.